The molecule has 6 nitrogen and oxygen atoms in total. The second-order valence-corrected chi connectivity index (χ2v) is 6.00. The summed E-state index contributed by atoms with van der Waals surface area (Å²) >= 11 is 0. The number of nitrogens with one attached hydrogen (secondary N) is 1. The van der Waals surface area contributed by atoms with Gasteiger partial charge in [0.05, 0.1) is 13.2 Å². The molecule has 4 atom stereocenters. The van der Waals surface area contributed by atoms with Gasteiger partial charge in [0.15, 0.2) is 0 Å². The second-order valence-electron chi connectivity index (χ2n) is 6.00. The van der Waals surface area contributed by atoms with E-state index in [1.165, 1.54) is 7.11 Å². The van der Waals surface area contributed by atoms with E-state index in [1.807, 2.05) is 18.2 Å². The summed E-state index contributed by atoms with van der Waals surface area (Å²) in [6.45, 7) is 0. The smallest absolute Gasteiger partial charge is 0.251 e. The molecule has 2 aromatic carbocycles. The Balaban J connectivity index is 1.65. The van der Waals surface area contributed by atoms with E-state index in [4.69, 9.17) is 9.47 Å². The van der Waals surface area contributed by atoms with E-state index >= 15 is 0 Å². The molecule has 1 fully saturated rings. The molecule has 6 heteroatoms. The number of carbonyl (C=O) groups excluding carboxylic acids is 1. The highest BCUT2D eigenvalue weighted by Gasteiger charge is 2.43. The van der Waals surface area contributed by atoms with Crippen molar-refractivity contribution in [2.24, 2.45) is 0 Å². The monoisotopic (exact) mass is 343 g/mol. The number of hydrogen-bond donors (Lipinski definition) is 3. The van der Waals surface area contributed by atoms with Crippen LogP contribution in [-0.2, 0) is 0 Å². The number of carbonyl (C=O) groups is 1. The van der Waals surface area contributed by atoms with Crippen molar-refractivity contribution in [1.82, 2.24) is 5.32 Å². The first-order valence-corrected chi connectivity index (χ1v) is 8.11. The predicted molar refractivity (Wildman–Crippen MR) is 91.7 cm³/mol. The molecule has 0 aromatic heterocycles. The lowest BCUT2D eigenvalue weighted by Crippen LogP contribution is -2.43. The lowest BCUT2D eigenvalue weighted by atomic mass is 10.1. The van der Waals surface area contributed by atoms with Crippen LogP contribution in [0.2, 0.25) is 0 Å². The largest absolute Gasteiger partial charge is 0.497 e. The maximum Gasteiger partial charge on any atom is 0.251 e. The van der Waals surface area contributed by atoms with Crippen LogP contribution in [0.3, 0.4) is 0 Å². The molecule has 1 amide bonds. The third-order valence-electron chi connectivity index (χ3n) is 4.31. The molecule has 1 saturated carbocycles. The molecule has 1 aliphatic carbocycles. The van der Waals surface area contributed by atoms with Crippen LogP contribution < -0.4 is 14.8 Å². The summed E-state index contributed by atoms with van der Waals surface area (Å²) in [7, 11) is 1.53. The molecular weight excluding hydrogens is 322 g/mol. The predicted octanol–water partition coefficient (Wildman–Crippen LogP) is 1.37. The van der Waals surface area contributed by atoms with E-state index in [1.54, 1.807) is 36.4 Å². The first-order chi connectivity index (χ1) is 12.1. The molecule has 0 aliphatic heterocycles. The van der Waals surface area contributed by atoms with Crippen molar-refractivity contribution in [2.75, 3.05) is 7.11 Å². The summed E-state index contributed by atoms with van der Waals surface area (Å²) in [6.07, 6.45) is -2.44. The van der Waals surface area contributed by atoms with E-state index in [2.05, 4.69) is 5.32 Å². The number of para-hydroxylation sites is 1. The molecule has 3 rings (SSSR count). The lowest BCUT2D eigenvalue weighted by molar-refractivity contribution is -0.0135. The normalized spacial score (nSPS) is 25.4. The number of aliphatic hydroxyl groups is 2. The molecule has 0 saturated heterocycles. The van der Waals surface area contributed by atoms with Gasteiger partial charge in [-0.15, -0.1) is 0 Å². The summed E-state index contributed by atoms with van der Waals surface area (Å²) in [4.78, 5) is 12.4. The molecule has 132 valence electrons. The van der Waals surface area contributed by atoms with Crippen LogP contribution in [0.15, 0.2) is 54.6 Å². The number of hydrogen-bond acceptors (Lipinski definition) is 5. The topological polar surface area (TPSA) is 88.0 Å². The minimum Gasteiger partial charge on any atom is -0.497 e. The highest BCUT2D eigenvalue weighted by molar-refractivity contribution is 5.94. The average molecular weight is 343 g/mol. The number of amides is 1. The van der Waals surface area contributed by atoms with Crippen molar-refractivity contribution in [3.63, 3.8) is 0 Å². The van der Waals surface area contributed by atoms with Gasteiger partial charge in [0, 0.05) is 12.0 Å². The minimum atomic E-state index is -1.09. The fourth-order valence-corrected chi connectivity index (χ4v) is 2.94. The van der Waals surface area contributed by atoms with Gasteiger partial charge in [-0.3, -0.25) is 4.79 Å². The van der Waals surface area contributed by atoms with E-state index in [9.17, 15) is 15.0 Å². The first-order valence-electron chi connectivity index (χ1n) is 8.11. The van der Waals surface area contributed by atoms with Crippen LogP contribution in [0, 0.1) is 0 Å². The Morgan fingerprint density at radius 2 is 1.76 bits per heavy atom. The quantitative estimate of drug-likeness (QED) is 0.763. The molecule has 0 spiro atoms. The number of aliphatic hydroxyl groups excluding tert-OH is 2. The van der Waals surface area contributed by atoms with E-state index < -0.39 is 24.4 Å². The summed E-state index contributed by atoms with van der Waals surface area (Å²) < 4.78 is 10.8. The summed E-state index contributed by atoms with van der Waals surface area (Å²) in [6, 6.07) is 15.2. The number of methoxy groups -OCH3 is 1. The van der Waals surface area contributed by atoms with Gasteiger partial charge in [0.2, 0.25) is 0 Å². The average Bonchev–Trinajstić information content (AvgIpc) is 2.90. The Bertz CT molecular complexity index is 721. The summed E-state index contributed by atoms with van der Waals surface area (Å²) in [5.41, 5.74) is 0.425. The van der Waals surface area contributed by atoms with Crippen molar-refractivity contribution in [3.8, 4) is 11.5 Å². The van der Waals surface area contributed by atoms with Crippen molar-refractivity contribution < 1.29 is 24.5 Å². The van der Waals surface area contributed by atoms with Crippen molar-refractivity contribution in [3.05, 3.63) is 60.2 Å². The second kappa shape index (κ2) is 7.55. The van der Waals surface area contributed by atoms with Gasteiger partial charge in [0.25, 0.3) is 5.91 Å². The molecule has 1 aliphatic rings. The molecule has 0 radical (unpaired) electrons. The van der Waals surface area contributed by atoms with E-state index in [0.717, 1.165) is 0 Å². The van der Waals surface area contributed by atoms with Crippen LogP contribution in [0.1, 0.15) is 16.8 Å². The van der Waals surface area contributed by atoms with E-state index in [0.29, 0.717) is 23.5 Å². The van der Waals surface area contributed by atoms with Gasteiger partial charge in [-0.1, -0.05) is 24.3 Å². The van der Waals surface area contributed by atoms with Gasteiger partial charge in [-0.25, -0.2) is 0 Å². The fourth-order valence-electron chi connectivity index (χ4n) is 2.94. The lowest BCUT2D eigenvalue weighted by Gasteiger charge is -2.18. The van der Waals surface area contributed by atoms with Gasteiger partial charge in [-0.2, -0.15) is 0 Å². The summed E-state index contributed by atoms with van der Waals surface area (Å²) in [5.74, 6) is 0.846. The highest BCUT2D eigenvalue weighted by atomic mass is 16.5. The number of rotatable bonds is 5. The van der Waals surface area contributed by atoms with Gasteiger partial charge in [-0.05, 0) is 30.3 Å². The van der Waals surface area contributed by atoms with Crippen LogP contribution >= 0.6 is 0 Å². The summed E-state index contributed by atoms with van der Waals surface area (Å²) in [5, 5.41) is 23.2. The standard InChI is InChI=1S/C19H21NO5/c1-24-14-9-5-6-12(10-14)19(23)20-15-11-16(18(22)17(15)21)25-13-7-3-2-4-8-13/h2-10,15-18,21-22H,11H2,1H3,(H,20,23)/t15-,16-,17+,18+/m1/s1. The Kier molecular flexibility index (Phi) is 5.21. The van der Waals surface area contributed by atoms with Crippen LogP contribution in [0.5, 0.6) is 11.5 Å². The molecule has 0 heterocycles. The number of ether oxygens (including phenoxy) is 2. The first kappa shape index (κ1) is 17.3. The van der Waals surface area contributed by atoms with Crippen molar-refractivity contribution >= 4 is 5.91 Å². The van der Waals surface area contributed by atoms with Crippen molar-refractivity contribution in [2.45, 2.75) is 30.8 Å². The SMILES string of the molecule is COc1cccc(C(=O)N[C@@H]2C[C@@H](Oc3ccccc3)[C@H](O)[C@H]2O)c1. The Labute approximate surface area is 146 Å². The molecule has 0 unspecified atom stereocenters. The van der Waals surface area contributed by atoms with Crippen molar-refractivity contribution in [1.29, 1.82) is 0 Å². The zero-order chi connectivity index (χ0) is 17.8. The van der Waals surface area contributed by atoms with Gasteiger partial charge in [0.1, 0.15) is 29.8 Å². The molecule has 3 N–H and O–H groups in total. The minimum absolute atomic E-state index is 0.312. The Morgan fingerprint density at radius 1 is 1.04 bits per heavy atom. The maximum absolute atomic E-state index is 12.4. The highest BCUT2D eigenvalue weighted by Crippen LogP contribution is 2.26. The third-order valence-corrected chi connectivity index (χ3v) is 4.31. The van der Waals surface area contributed by atoms with Gasteiger partial charge < -0.3 is 25.0 Å². The van der Waals surface area contributed by atoms with E-state index in [-0.39, 0.29) is 5.91 Å². The fraction of sp³-hybridized carbons (Fsp3) is 0.316. The molecular formula is C19H21NO5. The molecule has 2 aromatic rings. The molecule has 25 heavy (non-hydrogen) atoms. The van der Waals surface area contributed by atoms with Crippen LogP contribution in [0.25, 0.3) is 0 Å². The Morgan fingerprint density at radius 3 is 2.48 bits per heavy atom. The van der Waals surface area contributed by atoms with Crippen LogP contribution in [0.4, 0.5) is 0 Å². The zero-order valence-corrected chi connectivity index (χ0v) is 13.8. The Hall–Kier alpha value is -2.57. The van der Waals surface area contributed by atoms with Gasteiger partial charge >= 0.3 is 0 Å². The number of benzene rings is 2. The third kappa shape index (κ3) is 3.92. The zero-order valence-electron chi connectivity index (χ0n) is 13.8. The maximum atomic E-state index is 12.4. The van der Waals surface area contributed by atoms with Crippen LogP contribution in [-0.4, -0.2) is 47.6 Å². The molecule has 0 bridgehead atoms.